The molecule has 5 atom stereocenters. The van der Waals surface area contributed by atoms with Crippen molar-refractivity contribution in [2.24, 2.45) is 35.0 Å². The summed E-state index contributed by atoms with van der Waals surface area (Å²) in [5, 5.41) is 9.05. The van der Waals surface area contributed by atoms with Crippen LogP contribution in [0.5, 0.6) is 0 Å². The largest absolute Gasteiger partial charge is 0.481 e. The van der Waals surface area contributed by atoms with E-state index in [1.165, 1.54) is 6.42 Å². The smallest absolute Gasteiger partial charge is 0.406 e. The van der Waals surface area contributed by atoms with Gasteiger partial charge in [-0.05, 0) is 49.4 Å². The Hall–Kier alpha value is -1.27. The first kappa shape index (κ1) is 14.3. The molecule has 7 heteroatoms. The Morgan fingerprint density at radius 3 is 2.18 bits per heavy atom. The molecule has 0 aromatic heterocycles. The predicted octanol–water partition coefficient (Wildman–Crippen LogP) is 2.14. The van der Waals surface area contributed by atoms with Gasteiger partial charge in [-0.15, -0.1) is 0 Å². The number of aliphatic carboxylic acids is 1. The van der Waals surface area contributed by atoms with Crippen LogP contribution in [-0.2, 0) is 9.59 Å². The fourth-order valence-electron chi connectivity index (χ4n) is 5.39. The standard InChI is InChI=1S/C15H18F3NO3/c16-15(17,18)14(13(21)22)3-4-19(6-14)12(20)11-9-7-1-2-8(5-7)10(9)11/h7-11H,1-6H2,(H,21,22). The summed E-state index contributed by atoms with van der Waals surface area (Å²) in [6.45, 7) is -0.828. The zero-order valence-corrected chi connectivity index (χ0v) is 12.0. The molecular weight excluding hydrogens is 299 g/mol. The lowest BCUT2D eigenvalue weighted by Crippen LogP contribution is -2.48. The van der Waals surface area contributed by atoms with Crippen LogP contribution in [0.1, 0.15) is 25.7 Å². The van der Waals surface area contributed by atoms with E-state index in [9.17, 15) is 22.8 Å². The molecule has 1 heterocycles. The first-order valence-electron chi connectivity index (χ1n) is 7.85. The first-order valence-corrected chi connectivity index (χ1v) is 7.85. The highest BCUT2D eigenvalue weighted by Crippen LogP contribution is 2.69. The molecule has 3 saturated carbocycles. The van der Waals surface area contributed by atoms with Crippen molar-refractivity contribution < 1.29 is 27.9 Å². The van der Waals surface area contributed by atoms with Crippen molar-refractivity contribution >= 4 is 11.9 Å². The average Bonchev–Trinajstić information content (AvgIpc) is 2.85. The van der Waals surface area contributed by atoms with Crippen molar-refractivity contribution in [1.29, 1.82) is 0 Å². The summed E-state index contributed by atoms with van der Waals surface area (Å²) in [7, 11) is 0. The molecule has 4 nitrogen and oxygen atoms in total. The van der Waals surface area contributed by atoms with E-state index >= 15 is 0 Å². The van der Waals surface area contributed by atoms with E-state index in [1.807, 2.05) is 0 Å². The van der Waals surface area contributed by atoms with Gasteiger partial charge in [0.15, 0.2) is 5.41 Å². The van der Waals surface area contributed by atoms with Crippen molar-refractivity contribution in [3.05, 3.63) is 0 Å². The van der Waals surface area contributed by atoms with Crippen molar-refractivity contribution in [1.82, 2.24) is 4.90 Å². The molecular formula is C15H18F3NO3. The number of alkyl halides is 3. The zero-order chi connectivity index (χ0) is 15.9. The number of likely N-dealkylation sites (tertiary alicyclic amines) is 1. The van der Waals surface area contributed by atoms with Gasteiger partial charge >= 0.3 is 12.1 Å². The second-order valence-corrected chi connectivity index (χ2v) is 7.41. The van der Waals surface area contributed by atoms with Crippen LogP contribution in [0.4, 0.5) is 13.2 Å². The van der Waals surface area contributed by atoms with Crippen molar-refractivity contribution in [2.75, 3.05) is 13.1 Å². The quantitative estimate of drug-likeness (QED) is 0.849. The Morgan fingerprint density at radius 1 is 1.14 bits per heavy atom. The van der Waals surface area contributed by atoms with E-state index in [0.717, 1.165) is 17.7 Å². The number of carboxylic acid groups (broad SMARTS) is 1. The third-order valence-electron chi connectivity index (χ3n) is 6.55. The Morgan fingerprint density at radius 2 is 1.73 bits per heavy atom. The molecule has 4 fully saturated rings. The number of carbonyl (C=O) groups excluding carboxylic acids is 1. The zero-order valence-electron chi connectivity index (χ0n) is 12.0. The van der Waals surface area contributed by atoms with Gasteiger partial charge in [0.05, 0.1) is 0 Å². The summed E-state index contributed by atoms with van der Waals surface area (Å²) >= 11 is 0. The molecule has 122 valence electrons. The van der Waals surface area contributed by atoms with Gasteiger partial charge < -0.3 is 10.0 Å². The topological polar surface area (TPSA) is 57.6 Å². The highest BCUT2D eigenvalue weighted by atomic mass is 19.4. The Kier molecular flexibility index (Phi) is 2.72. The lowest BCUT2D eigenvalue weighted by Gasteiger charge is -2.27. The molecule has 0 radical (unpaired) electrons. The SMILES string of the molecule is O=C(C1C2C3CCC(C3)C12)N1CCC(C(=O)O)(C(F)(F)F)C1. The van der Waals surface area contributed by atoms with Crippen molar-refractivity contribution in [3.63, 3.8) is 0 Å². The van der Waals surface area contributed by atoms with Crippen molar-refractivity contribution in [2.45, 2.75) is 31.9 Å². The molecule has 0 aromatic rings. The molecule has 1 amide bonds. The summed E-state index contributed by atoms with van der Waals surface area (Å²) in [5.74, 6) is -0.389. The van der Waals surface area contributed by atoms with Gasteiger partial charge in [-0.3, -0.25) is 9.59 Å². The Balaban J connectivity index is 1.49. The van der Waals surface area contributed by atoms with Crippen LogP contribution in [0.25, 0.3) is 0 Å². The first-order chi connectivity index (χ1) is 10.3. The predicted molar refractivity (Wildman–Crippen MR) is 68.6 cm³/mol. The second kappa shape index (κ2) is 4.17. The molecule has 22 heavy (non-hydrogen) atoms. The van der Waals surface area contributed by atoms with Gasteiger partial charge in [-0.1, -0.05) is 0 Å². The van der Waals surface area contributed by atoms with Crippen LogP contribution in [-0.4, -0.2) is 41.1 Å². The molecule has 0 aromatic carbocycles. The Bertz CT molecular complexity index is 533. The minimum atomic E-state index is -4.83. The molecule has 4 aliphatic rings. The maximum Gasteiger partial charge on any atom is 0.406 e. The highest BCUT2D eigenvalue weighted by Gasteiger charge is 2.70. The molecule has 0 spiro atoms. The minimum absolute atomic E-state index is 0.101. The summed E-state index contributed by atoms with van der Waals surface area (Å²) in [6.07, 6.45) is -1.92. The minimum Gasteiger partial charge on any atom is -0.481 e. The number of carboxylic acids is 1. The monoisotopic (exact) mass is 317 g/mol. The van der Waals surface area contributed by atoms with Crippen LogP contribution in [0.2, 0.25) is 0 Å². The number of amides is 1. The maximum absolute atomic E-state index is 13.2. The van der Waals surface area contributed by atoms with Gasteiger partial charge in [0, 0.05) is 19.0 Å². The van der Waals surface area contributed by atoms with Crippen molar-refractivity contribution in [3.8, 4) is 0 Å². The Labute approximate surface area is 125 Å². The van der Waals surface area contributed by atoms with Crippen LogP contribution >= 0.6 is 0 Å². The van der Waals surface area contributed by atoms with Crippen LogP contribution in [0.3, 0.4) is 0 Å². The highest BCUT2D eigenvalue weighted by molar-refractivity contribution is 5.85. The van der Waals surface area contributed by atoms with Crippen LogP contribution in [0.15, 0.2) is 0 Å². The van der Waals surface area contributed by atoms with Gasteiger partial charge in [0.25, 0.3) is 0 Å². The molecule has 4 rings (SSSR count). The van der Waals surface area contributed by atoms with Gasteiger partial charge in [0.1, 0.15) is 0 Å². The number of rotatable bonds is 2. The van der Waals surface area contributed by atoms with E-state index in [4.69, 9.17) is 5.11 Å². The molecule has 3 aliphatic carbocycles. The van der Waals surface area contributed by atoms with Crippen LogP contribution in [0, 0.1) is 35.0 Å². The molecule has 1 aliphatic heterocycles. The normalized spacial score (nSPS) is 46.0. The lowest BCUT2D eigenvalue weighted by atomic mass is 9.86. The number of nitrogens with zero attached hydrogens (tertiary/aromatic N) is 1. The third-order valence-corrected chi connectivity index (χ3v) is 6.55. The number of halogens is 3. The van der Waals surface area contributed by atoms with E-state index in [0.29, 0.717) is 23.7 Å². The lowest BCUT2D eigenvalue weighted by molar-refractivity contribution is -0.227. The molecule has 5 unspecified atom stereocenters. The van der Waals surface area contributed by atoms with E-state index in [1.54, 1.807) is 0 Å². The number of hydrogen-bond donors (Lipinski definition) is 1. The third kappa shape index (κ3) is 1.65. The number of hydrogen-bond acceptors (Lipinski definition) is 2. The fraction of sp³-hybridized carbons (Fsp3) is 0.867. The molecule has 2 bridgehead atoms. The van der Waals surface area contributed by atoms with Gasteiger partial charge in [-0.25, -0.2) is 0 Å². The molecule has 1 N–H and O–H groups in total. The summed E-state index contributed by atoms with van der Waals surface area (Å²) in [6, 6.07) is 0. The van der Waals surface area contributed by atoms with Gasteiger partial charge in [-0.2, -0.15) is 13.2 Å². The fourth-order valence-corrected chi connectivity index (χ4v) is 5.39. The van der Waals surface area contributed by atoms with Gasteiger partial charge in [0.2, 0.25) is 5.91 Å². The van der Waals surface area contributed by atoms with E-state index in [-0.39, 0.29) is 18.4 Å². The maximum atomic E-state index is 13.2. The average molecular weight is 317 g/mol. The van der Waals surface area contributed by atoms with E-state index in [2.05, 4.69) is 0 Å². The summed E-state index contributed by atoms with van der Waals surface area (Å²) < 4.78 is 39.5. The summed E-state index contributed by atoms with van der Waals surface area (Å²) in [4.78, 5) is 24.9. The molecule has 1 saturated heterocycles. The second-order valence-electron chi connectivity index (χ2n) is 7.41. The summed E-state index contributed by atoms with van der Waals surface area (Å²) in [5.41, 5.74) is -2.79. The number of carbonyl (C=O) groups is 2. The van der Waals surface area contributed by atoms with Crippen LogP contribution < -0.4 is 0 Å². The number of fused-ring (bicyclic) bond motifs is 5. The van der Waals surface area contributed by atoms with E-state index < -0.39 is 30.5 Å².